The molecule has 2 heterocycles. The van der Waals surface area contributed by atoms with E-state index >= 15 is 0 Å². The molecule has 30 heavy (non-hydrogen) atoms. The van der Waals surface area contributed by atoms with Gasteiger partial charge < -0.3 is 14.6 Å². The minimum absolute atomic E-state index is 0.0975. The fraction of sp³-hybridized carbons (Fsp3) is 0.136. The second-order valence-electron chi connectivity index (χ2n) is 6.72. The highest BCUT2D eigenvalue weighted by atomic mass is 35.5. The van der Waals surface area contributed by atoms with Crippen LogP contribution in [0.15, 0.2) is 58.6 Å². The maximum Gasteiger partial charge on any atom is 0.325 e. The van der Waals surface area contributed by atoms with Crippen LogP contribution in [0.4, 0.5) is 5.69 Å². The summed E-state index contributed by atoms with van der Waals surface area (Å²) in [6, 6.07) is 13.2. The van der Waals surface area contributed by atoms with Gasteiger partial charge in [0.2, 0.25) is 0 Å². The van der Waals surface area contributed by atoms with Crippen LogP contribution in [0, 0.1) is 6.92 Å². The highest BCUT2D eigenvalue weighted by Crippen LogP contribution is 2.32. The fourth-order valence-corrected chi connectivity index (χ4v) is 4.15. The number of methoxy groups -OCH3 is 1. The quantitative estimate of drug-likeness (QED) is 0.473. The van der Waals surface area contributed by atoms with Gasteiger partial charge in [-0.3, -0.25) is 9.59 Å². The van der Waals surface area contributed by atoms with Crippen LogP contribution >= 0.6 is 23.4 Å². The lowest BCUT2D eigenvalue weighted by molar-refractivity contribution is -0.141. The van der Waals surface area contributed by atoms with Gasteiger partial charge >= 0.3 is 5.97 Å². The molecule has 1 N–H and O–H groups in total. The molecule has 1 amide bonds. The number of carbonyl (C=O) groups excluding carboxylic acids is 2. The Kier molecular flexibility index (Phi) is 5.65. The number of carbonyl (C=O) groups is 2. The Morgan fingerprint density at radius 3 is 2.90 bits per heavy atom. The summed E-state index contributed by atoms with van der Waals surface area (Å²) in [4.78, 5) is 29.3. The molecule has 1 aliphatic heterocycles. The number of benzene rings is 2. The number of nitrogens with zero attached hydrogens (tertiary/aromatic N) is 2. The maximum atomic E-state index is 12.5. The number of ether oxygens (including phenoxy) is 1. The van der Waals surface area contributed by atoms with E-state index in [1.165, 1.54) is 18.9 Å². The monoisotopic (exact) mass is 439 g/mol. The highest BCUT2D eigenvalue weighted by Gasteiger charge is 2.24. The number of rotatable bonds is 4. The first-order valence-corrected chi connectivity index (χ1v) is 10.3. The van der Waals surface area contributed by atoms with Gasteiger partial charge in [0, 0.05) is 27.7 Å². The number of aliphatic imine (C=N–C) groups is 1. The molecule has 1 aliphatic rings. The van der Waals surface area contributed by atoms with E-state index in [2.05, 4.69) is 10.3 Å². The molecule has 0 unspecified atom stereocenters. The van der Waals surface area contributed by atoms with Crippen LogP contribution in [0.2, 0.25) is 5.02 Å². The highest BCUT2D eigenvalue weighted by molar-refractivity contribution is 8.18. The van der Waals surface area contributed by atoms with Crippen molar-refractivity contribution in [3.63, 3.8) is 0 Å². The Labute approximate surface area is 182 Å². The van der Waals surface area contributed by atoms with Crippen molar-refractivity contribution < 1.29 is 14.3 Å². The number of para-hydroxylation sites is 1. The minimum atomic E-state index is -0.339. The van der Waals surface area contributed by atoms with Crippen LogP contribution in [0.3, 0.4) is 0 Å². The molecular formula is C22H18ClN3O3S. The summed E-state index contributed by atoms with van der Waals surface area (Å²) in [6.07, 6.45) is 3.65. The molecule has 8 heteroatoms. The Hall–Kier alpha value is -3.03. The average Bonchev–Trinajstić information content (AvgIpc) is 3.25. The van der Waals surface area contributed by atoms with Crippen LogP contribution in [0.25, 0.3) is 17.0 Å². The van der Waals surface area contributed by atoms with Gasteiger partial charge in [0.15, 0.2) is 5.17 Å². The number of hydrogen-bond acceptors (Lipinski definition) is 5. The minimum Gasteiger partial charge on any atom is -0.468 e. The third-order valence-electron chi connectivity index (χ3n) is 4.68. The standard InChI is InChI=1S/C22H18ClN3O3S/c1-13-7-8-15(23)10-17(13)24-22-25-21(28)19(30-22)9-14-11-26(12-20(27)29-2)18-6-4-3-5-16(14)18/h3-11H,12H2,1-2H3,(H,24,25,28)/b19-9-. The maximum absolute atomic E-state index is 12.5. The average molecular weight is 440 g/mol. The molecule has 0 spiro atoms. The Bertz CT molecular complexity index is 1230. The summed E-state index contributed by atoms with van der Waals surface area (Å²) < 4.78 is 6.60. The van der Waals surface area contributed by atoms with Crippen LogP contribution in [0.1, 0.15) is 11.1 Å². The zero-order chi connectivity index (χ0) is 21.3. The van der Waals surface area contributed by atoms with Crippen molar-refractivity contribution in [1.29, 1.82) is 0 Å². The topological polar surface area (TPSA) is 72.7 Å². The summed E-state index contributed by atoms with van der Waals surface area (Å²) in [5, 5.41) is 4.82. The van der Waals surface area contributed by atoms with Gasteiger partial charge in [-0.2, -0.15) is 0 Å². The molecule has 1 saturated heterocycles. The Balaban J connectivity index is 1.68. The first-order valence-electron chi connectivity index (χ1n) is 9.15. The van der Waals surface area contributed by atoms with E-state index in [1.807, 2.05) is 54.1 Å². The van der Waals surface area contributed by atoms with Crippen LogP contribution in [0.5, 0.6) is 0 Å². The number of aryl methyl sites for hydroxylation is 1. The van der Waals surface area contributed by atoms with Crippen molar-refractivity contribution in [1.82, 2.24) is 9.88 Å². The van der Waals surface area contributed by atoms with Crippen molar-refractivity contribution in [3.05, 3.63) is 69.7 Å². The van der Waals surface area contributed by atoms with E-state index in [4.69, 9.17) is 16.3 Å². The van der Waals surface area contributed by atoms with Crippen molar-refractivity contribution in [3.8, 4) is 0 Å². The van der Waals surface area contributed by atoms with Crippen LogP contribution in [-0.4, -0.2) is 28.7 Å². The smallest absolute Gasteiger partial charge is 0.325 e. The van der Waals surface area contributed by atoms with E-state index in [-0.39, 0.29) is 18.4 Å². The number of aromatic nitrogens is 1. The van der Waals surface area contributed by atoms with E-state index in [0.717, 1.165) is 22.0 Å². The van der Waals surface area contributed by atoms with Gasteiger partial charge in [-0.1, -0.05) is 35.9 Å². The van der Waals surface area contributed by atoms with Crippen LogP contribution in [-0.2, 0) is 20.9 Å². The van der Waals surface area contributed by atoms with Gasteiger partial charge in [-0.15, -0.1) is 0 Å². The molecule has 4 rings (SSSR count). The summed E-state index contributed by atoms with van der Waals surface area (Å²) in [5.41, 5.74) is 3.40. The van der Waals surface area contributed by atoms with Crippen molar-refractivity contribution in [2.75, 3.05) is 7.11 Å². The van der Waals surface area contributed by atoms with Crippen molar-refractivity contribution in [2.45, 2.75) is 13.5 Å². The predicted octanol–water partition coefficient (Wildman–Crippen LogP) is 4.67. The molecule has 6 nitrogen and oxygen atoms in total. The molecule has 0 aliphatic carbocycles. The van der Waals surface area contributed by atoms with Gasteiger partial charge in [-0.25, -0.2) is 4.99 Å². The zero-order valence-electron chi connectivity index (χ0n) is 16.3. The molecule has 152 valence electrons. The molecule has 0 saturated carbocycles. The largest absolute Gasteiger partial charge is 0.468 e. The first-order chi connectivity index (χ1) is 14.4. The second-order valence-corrected chi connectivity index (χ2v) is 8.19. The van der Waals surface area contributed by atoms with Gasteiger partial charge in [-0.05, 0) is 48.5 Å². The fourth-order valence-electron chi connectivity index (χ4n) is 3.16. The van der Waals surface area contributed by atoms with E-state index in [9.17, 15) is 9.59 Å². The van der Waals surface area contributed by atoms with Gasteiger partial charge in [0.05, 0.1) is 17.7 Å². The third-order valence-corrected chi connectivity index (χ3v) is 5.82. The number of esters is 1. The SMILES string of the molecule is COC(=O)Cn1cc(/C=C2\SC(=Nc3cc(Cl)ccc3C)NC2=O)c2ccccc21. The zero-order valence-corrected chi connectivity index (χ0v) is 17.9. The van der Waals surface area contributed by atoms with Crippen molar-refractivity contribution >= 4 is 63.1 Å². The van der Waals surface area contributed by atoms with Crippen molar-refractivity contribution in [2.24, 2.45) is 4.99 Å². The third kappa shape index (κ3) is 4.13. The molecular weight excluding hydrogens is 422 g/mol. The van der Waals surface area contributed by atoms with Gasteiger partial charge in [0.25, 0.3) is 5.91 Å². The summed E-state index contributed by atoms with van der Waals surface area (Å²) in [5.74, 6) is -0.558. The number of amides is 1. The molecule has 1 aromatic heterocycles. The lowest BCUT2D eigenvalue weighted by atomic mass is 10.1. The first kappa shape index (κ1) is 20.3. The predicted molar refractivity (Wildman–Crippen MR) is 121 cm³/mol. The number of nitrogens with one attached hydrogen (secondary N) is 1. The molecule has 0 radical (unpaired) electrons. The number of halogens is 1. The van der Waals surface area contributed by atoms with E-state index in [0.29, 0.717) is 20.8 Å². The molecule has 1 fully saturated rings. The molecule has 0 atom stereocenters. The summed E-state index contributed by atoms with van der Waals surface area (Å²) >= 11 is 7.33. The molecule has 0 bridgehead atoms. The normalized spacial score (nSPS) is 16.4. The lowest BCUT2D eigenvalue weighted by Crippen LogP contribution is -2.19. The number of amidine groups is 1. The Morgan fingerprint density at radius 2 is 2.10 bits per heavy atom. The second kappa shape index (κ2) is 8.38. The summed E-state index contributed by atoms with van der Waals surface area (Å²) in [6.45, 7) is 2.03. The van der Waals surface area contributed by atoms with E-state index in [1.54, 1.807) is 12.1 Å². The lowest BCUT2D eigenvalue weighted by Gasteiger charge is -2.02. The Morgan fingerprint density at radius 1 is 1.30 bits per heavy atom. The number of thioether (sulfide) groups is 1. The van der Waals surface area contributed by atoms with Crippen LogP contribution < -0.4 is 5.32 Å². The number of fused-ring (bicyclic) bond motifs is 1. The van der Waals surface area contributed by atoms with Gasteiger partial charge in [0.1, 0.15) is 6.54 Å². The molecule has 3 aromatic rings. The summed E-state index contributed by atoms with van der Waals surface area (Å²) in [7, 11) is 1.36. The molecule has 2 aromatic carbocycles. The van der Waals surface area contributed by atoms with E-state index < -0.39 is 0 Å². The number of hydrogen-bond donors (Lipinski definition) is 1.